The highest BCUT2D eigenvalue weighted by atomic mass is 35.5. The predicted molar refractivity (Wildman–Crippen MR) is 90.1 cm³/mol. The molecule has 0 bridgehead atoms. The first-order valence-corrected chi connectivity index (χ1v) is 7.97. The Hall–Kier alpha value is -1.82. The SMILES string of the molecule is COc1ccc(C2Oc3c(Cl)c(O)c(Cl)c(O)c3C(=O)C2Cl)cc1. The molecule has 5 nitrogen and oxygen atoms in total. The second-order valence-corrected chi connectivity index (χ2v) is 6.33. The van der Waals surface area contributed by atoms with E-state index in [1.54, 1.807) is 24.3 Å². The summed E-state index contributed by atoms with van der Waals surface area (Å²) in [6.45, 7) is 0. The number of aromatic hydroxyl groups is 2. The van der Waals surface area contributed by atoms with Gasteiger partial charge in [-0.25, -0.2) is 0 Å². The molecular weight excluding hydrogens is 379 g/mol. The lowest BCUT2D eigenvalue weighted by Crippen LogP contribution is -2.32. The van der Waals surface area contributed by atoms with Gasteiger partial charge in [-0.05, 0) is 17.7 Å². The number of carbonyl (C=O) groups is 1. The Kier molecular flexibility index (Phi) is 4.42. The zero-order valence-electron chi connectivity index (χ0n) is 12.2. The maximum Gasteiger partial charge on any atom is 0.192 e. The third kappa shape index (κ3) is 2.53. The van der Waals surface area contributed by atoms with Crippen LogP contribution in [0, 0.1) is 0 Å². The molecule has 2 N–H and O–H groups in total. The van der Waals surface area contributed by atoms with Crippen LogP contribution in [0.25, 0.3) is 0 Å². The van der Waals surface area contributed by atoms with Crippen molar-refractivity contribution in [2.75, 3.05) is 7.11 Å². The summed E-state index contributed by atoms with van der Waals surface area (Å²) >= 11 is 18.0. The summed E-state index contributed by atoms with van der Waals surface area (Å²) in [5.41, 5.74) is 0.368. The third-order valence-corrected chi connectivity index (χ3v) is 4.87. The van der Waals surface area contributed by atoms with Crippen LogP contribution in [0.5, 0.6) is 23.0 Å². The summed E-state index contributed by atoms with van der Waals surface area (Å²) in [4.78, 5) is 12.6. The lowest BCUT2D eigenvalue weighted by Gasteiger charge is -2.31. The number of benzene rings is 2. The molecule has 0 amide bonds. The highest BCUT2D eigenvalue weighted by Gasteiger charge is 2.41. The number of halogens is 3. The number of hydrogen-bond acceptors (Lipinski definition) is 5. The second-order valence-electron chi connectivity index (χ2n) is 5.11. The summed E-state index contributed by atoms with van der Waals surface area (Å²) < 4.78 is 10.8. The molecule has 0 aromatic heterocycles. The van der Waals surface area contributed by atoms with Crippen LogP contribution >= 0.6 is 34.8 Å². The van der Waals surface area contributed by atoms with E-state index in [1.165, 1.54) is 7.11 Å². The summed E-state index contributed by atoms with van der Waals surface area (Å²) in [7, 11) is 1.53. The number of hydrogen-bond donors (Lipinski definition) is 2. The number of carbonyl (C=O) groups excluding carboxylic acids is 1. The van der Waals surface area contributed by atoms with Gasteiger partial charge >= 0.3 is 0 Å². The zero-order valence-corrected chi connectivity index (χ0v) is 14.5. The average Bonchev–Trinajstić information content (AvgIpc) is 2.60. The van der Waals surface area contributed by atoms with Gasteiger partial charge in [0.05, 0.1) is 7.11 Å². The van der Waals surface area contributed by atoms with Gasteiger partial charge in [-0.1, -0.05) is 35.3 Å². The molecule has 0 fully saturated rings. The van der Waals surface area contributed by atoms with Crippen LogP contribution in [-0.2, 0) is 0 Å². The molecule has 0 saturated carbocycles. The van der Waals surface area contributed by atoms with Crippen molar-refractivity contribution in [2.24, 2.45) is 0 Å². The average molecular weight is 390 g/mol. The molecule has 2 unspecified atom stereocenters. The number of ketones is 1. The molecule has 2 atom stereocenters. The van der Waals surface area contributed by atoms with E-state index in [1.807, 2.05) is 0 Å². The van der Waals surface area contributed by atoms with Gasteiger partial charge in [0.15, 0.2) is 23.0 Å². The lowest BCUT2D eigenvalue weighted by molar-refractivity contribution is 0.0856. The minimum absolute atomic E-state index is 0.154. The van der Waals surface area contributed by atoms with Crippen LogP contribution in [0.3, 0.4) is 0 Å². The molecule has 8 heteroatoms. The van der Waals surface area contributed by atoms with Gasteiger partial charge in [-0.15, -0.1) is 11.6 Å². The third-order valence-electron chi connectivity index (χ3n) is 3.74. The van der Waals surface area contributed by atoms with Gasteiger partial charge in [0.2, 0.25) is 0 Å². The smallest absolute Gasteiger partial charge is 0.192 e. The number of ether oxygens (including phenoxy) is 2. The van der Waals surface area contributed by atoms with E-state index in [0.29, 0.717) is 11.3 Å². The molecule has 1 heterocycles. The Bertz CT molecular complexity index is 820. The van der Waals surface area contributed by atoms with Crippen LogP contribution in [-0.4, -0.2) is 28.5 Å². The Morgan fingerprint density at radius 3 is 2.29 bits per heavy atom. The monoisotopic (exact) mass is 388 g/mol. The molecule has 0 aliphatic carbocycles. The first kappa shape index (κ1) is 17.0. The van der Waals surface area contributed by atoms with Gasteiger partial charge in [0.1, 0.15) is 32.8 Å². The summed E-state index contributed by atoms with van der Waals surface area (Å²) in [5.74, 6) is -1.30. The largest absolute Gasteiger partial charge is 0.505 e. The van der Waals surface area contributed by atoms with E-state index in [0.717, 1.165) is 0 Å². The molecule has 0 saturated heterocycles. The number of rotatable bonds is 2. The fourth-order valence-corrected chi connectivity index (χ4v) is 3.25. The summed E-state index contributed by atoms with van der Waals surface area (Å²) in [6.07, 6.45) is -0.852. The quantitative estimate of drug-likeness (QED) is 0.747. The normalized spacial score (nSPS) is 19.6. The fraction of sp³-hybridized carbons (Fsp3) is 0.188. The van der Waals surface area contributed by atoms with Crippen molar-refractivity contribution in [2.45, 2.75) is 11.5 Å². The van der Waals surface area contributed by atoms with Gasteiger partial charge in [0, 0.05) is 0 Å². The molecular formula is C16H11Cl3O5. The Morgan fingerprint density at radius 1 is 1.08 bits per heavy atom. The van der Waals surface area contributed by atoms with E-state index in [2.05, 4.69) is 0 Å². The Labute approximate surface area is 152 Å². The summed E-state index contributed by atoms with van der Waals surface area (Å²) in [5, 5.41) is 18.1. The lowest BCUT2D eigenvalue weighted by atomic mass is 9.94. The van der Waals surface area contributed by atoms with Gasteiger partial charge in [0.25, 0.3) is 0 Å². The van der Waals surface area contributed by atoms with Crippen LogP contribution in [0.4, 0.5) is 0 Å². The highest BCUT2D eigenvalue weighted by molar-refractivity contribution is 6.42. The fourth-order valence-electron chi connectivity index (χ4n) is 2.47. The van der Waals surface area contributed by atoms with Crippen molar-refractivity contribution >= 4 is 40.6 Å². The number of Topliss-reactive ketones (excluding diaryl/α,β-unsaturated/α-hetero) is 1. The van der Waals surface area contributed by atoms with E-state index in [4.69, 9.17) is 44.3 Å². The topological polar surface area (TPSA) is 76.0 Å². The molecule has 2 aromatic rings. The minimum Gasteiger partial charge on any atom is -0.505 e. The second kappa shape index (κ2) is 6.24. The van der Waals surface area contributed by atoms with Gasteiger partial charge < -0.3 is 19.7 Å². The number of alkyl halides is 1. The molecule has 3 rings (SSSR count). The van der Waals surface area contributed by atoms with Crippen LogP contribution in [0.1, 0.15) is 22.0 Å². The van der Waals surface area contributed by atoms with Crippen molar-refractivity contribution in [1.29, 1.82) is 0 Å². The maximum atomic E-state index is 12.6. The first-order valence-electron chi connectivity index (χ1n) is 6.78. The minimum atomic E-state index is -1.10. The van der Waals surface area contributed by atoms with Crippen molar-refractivity contribution in [3.05, 3.63) is 45.4 Å². The van der Waals surface area contributed by atoms with Gasteiger partial charge in [-0.2, -0.15) is 0 Å². The van der Waals surface area contributed by atoms with Crippen molar-refractivity contribution < 1.29 is 24.5 Å². The Morgan fingerprint density at radius 2 is 1.71 bits per heavy atom. The molecule has 1 aliphatic heterocycles. The maximum absolute atomic E-state index is 12.6. The van der Waals surface area contributed by atoms with Crippen LogP contribution < -0.4 is 9.47 Å². The van der Waals surface area contributed by atoms with Crippen molar-refractivity contribution in [3.63, 3.8) is 0 Å². The number of phenolic OH excluding ortho intramolecular Hbond substituents is 2. The van der Waals surface area contributed by atoms with Gasteiger partial charge in [-0.3, -0.25) is 4.79 Å². The van der Waals surface area contributed by atoms with E-state index in [9.17, 15) is 15.0 Å². The molecule has 0 spiro atoms. The standard InChI is InChI=1S/C16H11Cl3O5/c1-23-7-4-2-6(3-5-7)15-10(18)13(21)8-12(20)9(17)14(22)11(19)16(8)24-15/h2-5,10,15,20,22H,1H3. The molecule has 1 aliphatic rings. The number of fused-ring (bicyclic) bond motifs is 1. The molecule has 0 radical (unpaired) electrons. The number of methoxy groups -OCH3 is 1. The van der Waals surface area contributed by atoms with Crippen molar-refractivity contribution in [3.8, 4) is 23.0 Å². The zero-order chi connectivity index (χ0) is 17.6. The molecule has 126 valence electrons. The van der Waals surface area contributed by atoms with E-state index < -0.39 is 33.8 Å². The first-order chi connectivity index (χ1) is 11.4. The molecule has 24 heavy (non-hydrogen) atoms. The Balaban J connectivity index is 2.11. The van der Waals surface area contributed by atoms with Crippen molar-refractivity contribution in [1.82, 2.24) is 0 Å². The van der Waals surface area contributed by atoms with Crippen LogP contribution in [0.15, 0.2) is 24.3 Å². The van der Waals surface area contributed by atoms with E-state index >= 15 is 0 Å². The van der Waals surface area contributed by atoms with Crippen LogP contribution in [0.2, 0.25) is 10.0 Å². The number of phenols is 2. The van der Waals surface area contributed by atoms with E-state index in [-0.39, 0.29) is 16.3 Å². The predicted octanol–water partition coefficient (Wildman–Crippen LogP) is 4.34. The molecule has 2 aromatic carbocycles. The summed E-state index contributed by atoms with van der Waals surface area (Å²) in [6, 6.07) is 6.78. The highest BCUT2D eigenvalue weighted by Crippen LogP contribution is 2.52.